The molecular weight excluding hydrogens is 184 g/mol. The van der Waals surface area contributed by atoms with Gasteiger partial charge in [0.25, 0.3) is 0 Å². The molecule has 76 valence electrons. The minimum Gasteiger partial charge on any atom is -0.478 e. The minimum absolute atomic E-state index is 0.165. The molecule has 14 heavy (non-hydrogen) atoms. The lowest BCUT2D eigenvalue weighted by atomic mass is 10.2. The summed E-state index contributed by atoms with van der Waals surface area (Å²) in [6.45, 7) is 4.17. The zero-order valence-corrected chi connectivity index (χ0v) is 8.11. The SMILES string of the molecule is CC.O=C(O)c1ccc2c(c1)OCO2. The molecule has 0 bridgehead atoms. The van der Waals surface area contributed by atoms with Gasteiger partial charge in [0, 0.05) is 0 Å². The number of rotatable bonds is 1. The van der Waals surface area contributed by atoms with E-state index in [9.17, 15) is 4.79 Å². The molecule has 0 amide bonds. The van der Waals surface area contributed by atoms with E-state index in [4.69, 9.17) is 14.6 Å². The Morgan fingerprint density at radius 3 is 2.57 bits per heavy atom. The van der Waals surface area contributed by atoms with Crippen molar-refractivity contribution in [2.75, 3.05) is 6.79 Å². The standard InChI is InChI=1S/C8H6O4.C2H6/c9-8(10)5-1-2-6-7(3-5)12-4-11-6;1-2/h1-3H,4H2,(H,9,10);1-2H3. The van der Waals surface area contributed by atoms with Gasteiger partial charge in [-0.2, -0.15) is 0 Å². The molecule has 0 fully saturated rings. The molecule has 1 aliphatic rings. The number of fused-ring (bicyclic) bond motifs is 1. The summed E-state index contributed by atoms with van der Waals surface area (Å²) < 4.78 is 10.0. The van der Waals surface area contributed by atoms with Crippen LogP contribution in [0.5, 0.6) is 11.5 Å². The summed E-state index contributed by atoms with van der Waals surface area (Å²) in [6.07, 6.45) is 0. The van der Waals surface area contributed by atoms with E-state index in [2.05, 4.69) is 0 Å². The summed E-state index contributed by atoms with van der Waals surface area (Å²) in [6, 6.07) is 4.52. The fourth-order valence-electron chi connectivity index (χ4n) is 1.03. The van der Waals surface area contributed by atoms with Crippen molar-refractivity contribution in [2.45, 2.75) is 13.8 Å². The summed E-state index contributed by atoms with van der Waals surface area (Å²) >= 11 is 0. The van der Waals surface area contributed by atoms with Crippen molar-refractivity contribution in [3.05, 3.63) is 23.8 Å². The molecule has 1 aromatic carbocycles. The maximum Gasteiger partial charge on any atom is 0.335 e. The second kappa shape index (κ2) is 4.50. The summed E-state index contributed by atoms with van der Waals surface area (Å²) in [5.74, 6) is 0.128. The number of carboxylic acids is 1. The summed E-state index contributed by atoms with van der Waals surface area (Å²) in [7, 11) is 0. The van der Waals surface area contributed by atoms with Gasteiger partial charge >= 0.3 is 5.97 Å². The molecule has 0 radical (unpaired) electrons. The molecule has 1 N–H and O–H groups in total. The Morgan fingerprint density at radius 2 is 1.93 bits per heavy atom. The molecule has 0 spiro atoms. The zero-order chi connectivity index (χ0) is 10.6. The van der Waals surface area contributed by atoms with Gasteiger partial charge in [0.2, 0.25) is 6.79 Å². The predicted octanol–water partition coefficient (Wildman–Crippen LogP) is 2.14. The molecule has 0 atom stereocenters. The van der Waals surface area contributed by atoms with E-state index in [-0.39, 0.29) is 12.4 Å². The Morgan fingerprint density at radius 1 is 1.29 bits per heavy atom. The lowest BCUT2D eigenvalue weighted by Gasteiger charge is -1.96. The monoisotopic (exact) mass is 196 g/mol. The van der Waals surface area contributed by atoms with Crippen LogP contribution < -0.4 is 9.47 Å². The number of carbonyl (C=O) groups is 1. The van der Waals surface area contributed by atoms with Gasteiger partial charge < -0.3 is 14.6 Å². The van der Waals surface area contributed by atoms with Gasteiger partial charge in [-0.05, 0) is 18.2 Å². The van der Waals surface area contributed by atoms with Crippen LogP contribution in [0.3, 0.4) is 0 Å². The van der Waals surface area contributed by atoms with Crippen molar-refractivity contribution >= 4 is 5.97 Å². The fraction of sp³-hybridized carbons (Fsp3) is 0.300. The van der Waals surface area contributed by atoms with Crippen LogP contribution in [0.15, 0.2) is 18.2 Å². The number of ether oxygens (including phenoxy) is 2. The second-order valence-electron chi connectivity index (χ2n) is 2.37. The van der Waals surface area contributed by atoms with Gasteiger partial charge in [0.05, 0.1) is 5.56 Å². The van der Waals surface area contributed by atoms with E-state index >= 15 is 0 Å². The molecule has 0 aliphatic carbocycles. The van der Waals surface area contributed by atoms with E-state index in [1.54, 1.807) is 6.07 Å². The molecule has 4 heteroatoms. The van der Waals surface area contributed by atoms with Gasteiger partial charge in [-0.1, -0.05) is 13.8 Å². The average Bonchev–Trinajstić information content (AvgIpc) is 2.67. The highest BCUT2D eigenvalue weighted by Gasteiger charge is 2.15. The van der Waals surface area contributed by atoms with Crippen LogP contribution in [0.1, 0.15) is 24.2 Å². The molecule has 0 unspecified atom stereocenters. The molecule has 0 saturated carbocycles. The van der Waals surface area contributed by atoms with Crippen LogP contribution in [-0.4, -0.2) is 17.9 Å². The number of hydrogen-bond donors (Lipinski definition) is 1. The maximum absolute atomic E-state index is 10.5. The summed E-state index contributed by atoms with van der Waals surface area (Å²) in [4.78, 5) is 10.5. The van der Waals surface area contributed by atoms with Crippen LogP contribution in [0.2, 0.25) is 0 Å². The van der Waals surface area contributed by atoms with Crippen molar-refractivity contribution in [1.82, 2.24) is 0 Å². The summed E-state index contributed by atoms with van der Waals surface area (Å²) in [5, 5.41) is 8.62. The van der Waals surface area contributed by atoms with Crippen molar-refractivity contribution in [1.29, 1.82) is 0 Å². The molecule has 1 heterocycles. The first kappa shape index (κ1) is 10.4. The molecule has 0 saturated heterocycles. The Hall–Kier alpha value is -1.71. The lowest BCUT2D eigenvalue weighted by molar-refractivity contribution is 0.0696. The molecule has 1 aromatic rings. The first-order valence-electron chi connectivity index (χ1n) is 4.40. The van der Waals surface area contributed by atoms with Gasteiger partial charge in [-0.15, -0.1) is 0 Å². The van der Waals surface area contributed by atoms with Crippen LogP contribution in [0.25, 0.3) is 0 Å². The molecular formula is C10H12O4. The minimum atomic E-state index is -0.965. The average molecular weight is 196 g/mol. The van der Waals surface area contributed by atoms with Crippen molar-refractivity contribution in [3.8, 4) is 11.5 Å². The second-order valence-corrected chi connectivity index (χ2v) is 2.37. The number of benzene rings is 1. The normalized spacial score (nSPS) is 11.6. The lowest BCUT2D eigenvalue weighted by Crippen LogP contribution is -1.95. The maximum atomic E-state index is 10.5. The van der Waals surface area contributed by atoms with Crippen LogP contribution in [-0.2, 0) is 0 Å². The van der Waals surface area contributed by atoms with E-state index in [0.29, 0.717) is 11.5 Å². The number of carboxylic acid groups (broad SMARTS) is 1. The van der Waals surface area contributed by atoms with Gasteiger partial charge in [0.15, 0.2) is 11.5 Å². The molecule has 0 aromatic heterocycles. The Labute approximate surface area is 82.1 Å². The van der Waals surface area contributed by atoms with E-state index in [1.807, 2.05) is 13.8 Å². The van der Waals surface area contributed by atoms with Crippen LogP contribution in [0.4, 0.5) is 0 Å². The Balaban J connectivity index is 0.000000461. The molecule has 4 nitrogen and oxygen atoms in total. The first-order chi connectivity index (χ1) is 6.77. The van der Waals surface area contributed by atoms with Crippen LogP contribution >= 0.6 is 0 Å². The van der Waals surface area contributed by atoms with Crippen LogP contribution in [0, 0.1) is 0 Å². The van der Waals surface area contributed by atoms with Crippen molar-refractivity contribution in [3.63, 3.8) is 0 Å². The predicted molar refractivity (Wildman–Crippen MR) is 50.9 cm³/mol. The van der Waals surface area contributed by atoms with Crippen molar-refractivity contribution in [2.24, 2.45) is 0 Å². The topological polar surface area (TPSA) is 55.8 Å². The van der Waals surface area contributed by atoms with Crippen molar-refractivity contribution < 1.29 is 19.4 Å². The third-order valence-corrected chi connectivity index (χ3v) is 1.62. The smallest absolute Gasteiger partial charge is 0.335 e. The third-order valence-electron chi connectivity index (χ3n) is 1.62. The van der Waals surface area contributed by atoms with E-state index < -0.39 is 5.97 Å². The quantitative estimate of drug-likeness (QED) is 0.747. The zero-order valence-electron chi connectivity index (χ0n) is 8.11. The third kappa shape index (κ3) is 1.96. The highest BCUT2D eigenvalue weighted by atomic mass is 16.7. The van der Waals surface area contributed by atoms with Gasteiger partial charge in [-0.3, -0.25) is 0 Å². The molecule has 2 rings (SSSR count). The van der Waals surface area contributed by atoms with E-state index in [0.717, 1.165) is 0 Å². The number of hydrogen-bond acceptors (Lipinski definition) is 3. The number of aromatic carboxylic acids is 1. The van der Waals surface area contributed by atoms with E-state index in [1.165, 1.54) is 12.1 Å². The largest absolute Gasteiger partial charge is 0.478 e. The Kier molecular flexibility index (Phi) is 3.34. The first-order valence-corrected chi connectivity index (χ1v) is 4.40. The van der Waals surface area contributed by atoms with Gasteiger partial charge in [0.1, 0.15) is 0 Å². The molecule has 1 aliphatic heterocycles. The Bertz CT molecular complexity index is 333. The van der Waals surface area contributed by atoms with Gasteiger partial charge in [-0.25, -0.2) is 4.79 Å². The summed E-state index contributed by atoms with van der Waals surface area (Å²) in [5.41, 5.74) is 0.208. The highest BCUT2D eigenvalue weighted by molar-refractivity contribution is 5.88. The fourth-order valence-corrected chi connectivity index (χ4v) is 1.03. The highest BCUT2D eigenvalue weighted by Crippen LogP contribution is 2.32.